The molecule has 0 atom stereocenters. The van der Waals surface area contributed by atoms with E-state index in [1.165, 1.54) is 0 Å². The van der Waals surface area contributed by atoms with Crippen LogP contribution in [0.1, 0.15) is 38.5 Å². The third kappa shape index (κ3) is 1.62. The first-order valence-electron chi connectivity index (χ1n) is 6.76. The van der Waals surface area contributed by atoms with Gasteiger partial charge in [0.1, 0.15) is 11.8 Å². The molecule has 0 aromatic carbocycles. The Hall–Kier alpha value is -1.72. The molecular weight excluding hydrogens is 248 g/mol. The van der Waals surface area contributed by atoms with Crippen LogP contribution in [0.4, 0.5) is 0 Å². The number of nitrogens with one attached hydrogen (secondary N) is 2. The Morgan fingerprint density at radius 1 is 0.684 bits per heavy atom. The van der Waals surface area contributed by atoms with Crippen LogP contribution in [-0.4, -0.2) is 23.6 Å². The Kier molecular flexibility index (Phi) is 2.69. The molecule has 0 unspecified atom stereocenters. The third-order valence-electron chi connectivity index (χ3n) is 4.73. The number of imide groups is 2. The van der Waals surface area contributed by atoms with Crippen LogP contribution < -0.4 is 10.6 Å². The van der Waals surface area contributed by atoms with Gasteiger partial charge in [-0.05, 0) is 12.8 Å². The van der Waals surface area contributed by atoms with Gasteiger partial charge in [-0.15, -0.1) is 0 Å². The van der Waals surface area contributed by atoms with E-state index in [2.05, 4.69) is 10.6 Å². The molecule has 2 N–H and O–H groups in total. The fourth-order valence-electron chi connectivity index (χ4n) is 3.94. The van der Waals surface area contributed by atoms with E-state index in [0.717, 1.165) is 25.7 Å². The van der Waals surface area contributed by atoms with Gasteiger partial charge in [-0.2, -0.15) is 0 Å². The van der Waals surface area contributed by atoms with Crippen LogP contribution >= 0.6 is 0 Å². The van der Waals surface area contributed by atoms with Crippen molar-refractivity contribution in [2.45, 2.75) is 38.5 Å². The Labute approximate surface area is 110 Å². The standard InChI is InChI=1S/C13H16N2O4/c16-9-7-10(17)15-12(19)8(11(18)14-9)13(7)5-3-1-2-4-6-13/h7-8H,1-6H2,(H,14,16,18)(H,15,17,19). The predicted molar refractivity (Wildman–Crippen MR) is 63.4 cm³/mol. The Morgan fingerprint density at radius 3 is 1.42 bits per heavy atom. The highest BCUT2D eigenvalue weighted by Gasteiger charge is 2.63. The second kappa shape index (κ2) is 4.15. The van der Waals surface area contributed by atoms with E-state index >= 15 is 0 Å². The summed E-state index contributed by atoms with van der Waals surface area (Å²) in [5.74, 6) is -3.99. The largest absolute Gasteiger partial charge is 0.295 e. The smallest absolute Gasteiger partial charge is 0.239 e. The molecule has 4 amide bonds. The molecule has 3 fully saturated rings. The maximum atomic E-state index is 12.0. The Morgan fingerprint density at radius 2 is 1.05 bits per heavy atom. The van der Waals surface area contributed by atoms with Crippen LogP contribution in [0.15, 0.2) is 0 Å². The number of carbonyl (C=O) groups is 4. The van der Waals surface area contributed by atoms with Gasteiger partial charge in [0, 0.05) is 5.41 Å². The lowest BCUT2D eigenvalue weighted by molar-refractivity contribution is -0.167. The summed E-state index contributed by atoms with van der Waals surface area (Å²) in [4.78, 5) is 48.1. The monoisotopic (exact) mass is 264 g/mol. The second-order valence-electron chi connectivity index (χ2n) is 5.72. The molecule has 1 aliphatic carbocycles. The second-order valence-corrected chi connectivity index (χ2v) is 5.72. The molecule has 3 rings (SSSR count). The number of amides is 4. The van der Waals surface area contributed by atoms with E-state index in [1.807, 2.05) is 0 Å². The summed E-state index contributed by atoms with van der Waals surface area (Å²) in [5.41, 5.74) is -0.782. The quantitative estimate of drug-likeness (QED) is 0.471. The first-order chi connectivity index (χ1) is 9.06. The van der Waals surface area contributed by atoms with Crippen molar-refractivity contribution in [1.82, 2.24) is 10.6 Å². The van der Waals surface area contributed by atoms with Gasteiger partial charge in [-0.25, -0.2) is 0 Å². The van der Waals surface area contributed by atoms with E-state index < -0.39 is 40.9 Å². The summed E-state index contributed by atoms with van der Waals surface area (Å²) in [6.07, 6.45) is 4.95. The van der Waals surface area contributed by atoms with Crippen molar-refractivity contribution in [2.24, 2.45) is 17.3 Å². The third-order valence-corrected chi connectivity index (χ3v) is 4.73. The van der Waals surface area contributed by atoms with Crippen molar-refractivity contribution in [3.63, 3.8) is 0 Å². The molecule has 1 spiro atoms. The van der Waals surface area contributed by atoms with Crippen LogP contribution in [0.2, 0.25) is 0 Å². The number of piperidine rings is 2. The van der Waals surface area contributed by atoms with Crippen molar-refractivity contribution in [3.05, 3.63) is 0 Å². The molecule has 2 heterocycles. The average molecular weight is 264 g/mol. The highest BCUT2D eigenvalue weighted by molar-refractivity contribution is 6.22. The lowest BCUT2D eigenvalue weighted by atomic mass is 9.57. The molecule has 1 saturated carbocycles. The van der Waals surface area contributed by atoms with Gasteiger partial charge in [-0.3, -0.25) is 29.8 Å². The van der Waals surface area contributed by atoms with Gasteiger partial charge in [0.2, 0.25) is 23.6 Å². The first-order valence-corrected chi connectivity index (χ1v) is 6.76. The van der Waals surface area contributed by atoms with E-state index in [9.17, 15) is 19.2 Å². The number of hydrogen-bond acceptors (Lipinski definition) is 4. The molecule has 6 heteroatoms. The molecule has 6 nitrogen and oxygen atoms in total. The number of rotatable bonds is 0. The summed E-state index contributed by atoms with van der Waals surface area (Å²) >= 11 is 0. The van der Waals surface area contributed by atoms with Gasteiger partial charge in [0.05, 0.1) is 0 Å². The number of hydrogen-bond donors (Lipinski definition) is 2. The molecule has 102 valence electrons. The topological polar surface area (TPSA) is 92.3 Å². The van der Waals surface area contributed by atoms with Gasteiger partial charge in [0.15, 0.2) is 0 Å². The molecule has 2 saturated heterocycles. The van der Waals surface area contributed by atoms with Gasteiger partial charge < -0.3 is 0 Å². The summed E-state index contributed by atoms with van der Waals surface area (Å²) in [5, 5.41) is 4.35. The summed E-state index contributed by atoms with van der Waals surface area (Å²) < 4.78 is 0. The van der Waals surface area contributed by atoms with Crippen molar-refractivity contribution < 1.29 is 19.2 Å². The average Bonchev–Trinajstić information content (AvgIpc) is 2.53. The first kappa shape index (κ1) is 12.3. The van der Waals surface area contributed by atoms with Gasteiger partial charge >= 0.3 is 0 Å². The lowest BCUT2D eigenvalue weighted by Gasteiger charge is -2.48. The van der Waals surface area contributed by atoms with Gasteiger partial charge in [-0.1, -0.05) is 25.7 Å². The minimum Gasteiger partial charge on any atom is -0.295 e. The minimum absolute atomic E-state index is 0.548. The lowest BCUT2D eigenvalue weighted by Crippen LogP contribution is -2.70. The van der Waals surface area contributed by atoms with Gasteiger partial charge in [0.25, 0.3) is 0 Å². The van der Waals surface area contributed by atoms with Crippen LogP contribution in [0.25, 0.3) is 0 Å². The number of carbonyl (C=O) groups excluding carboxylic acids is 4. The highest BCUT2D eigenvalue weighted by Crippen LogP contribution is 2.51. The fourth-order valence-corrected chi connectivity index (χ4v) is 3.94. The van der Waals surface area contributed by atoms with E-state index in [-0.39, 0.29) is 0 Å². The molecule has 0 aromatic rings. The zero-order valence-corrected chi connectivity index (χ0v) is 10.5. The highest BCUT2D eigenvalue weighted by atomic mass is 16.2. The minimum atomic E-state index is -0.897. The molecular formula is C13H16N2O4. The van der Waals surface area contributed by atoms with Crippen LogP contribution in [0, 0.1) is 17.3 Å². The molecule has 3 aliphatic rings. The molecule has 2 bridgehead atoms. The maximum absolute atomic E-state index is 12.0. The normalized spacial score (nSPS) is 33.7. The predicted octanol–water partition coefficient (Wildman–Crippen LogP) is -0.128. The van der Waals surface area contributed by atoms with Crippen LogP contribution in [0.3, 0.4) is 0 Å². The zero-order valence-electron chi connectivity index (χ0n) is 10.5. The van der Waals surface area contributed by atoms with Crippen LogP contribution in [0.5, 0.6) is 0 Å². The van der Waals surface area contributed by atoms with Crippen molar-refractivity contribution in [2.75, 3.05) is 0 Å². The summed E-state index contributed by atoms with van der Waals surface area (Å²) in [6, 6.07) is 0. The summed E-state index contributed by atoms with van der Waals surface area (Å²) in [7, 11) is 0. The van der Waals surface area contributed by atoms with Crippen LogP contribution in [-0.2, 0) is 19.2 Å². The van der Waals surface area contributed by atoms with Crippen molar-refractivity contribution >= 4 is 23.6 Å². The Balaban J connectivity index is 2.11. The van der Waals surface area contributed by atoms with E-state index in [0.29, 0.717) is 12.8 Å². The fraction of sp³-hybridized carbons (Fsp3) is 0.692. The molecule has 2 aliphatic heterocycles. The maximum Gasteiger partial charge on any atom is 0.239 e. The molecule has 19 heavy (non-hydrogen) atoms. The Bertz CT molecular complexity index is 413. The molecule has 0 radical (unpaired) electrons. The SMILES string of the molecule is O=C1NC(=O)C2C(=O)NC(=O)C1C21CCCCCC1. The van der Waals surface area contributed by atoms with Crippen molar-refractivity contribution in [3.8, 4) is 0 Å². The van der Waals surface area contributed by atoms with E-state index in [4.69, 9.17) is 0 Å². The summed E-state index contributed by atoms with van der Waals surface area (Å²) in [6.45, 7) is 0. The zero-order chi connectivity index (χ0) is 13.6. The molecule has 0 aromatic heterocycles. The van der Waals surface area contributed by atoms with Crippen molar-refractivity contribution in [1.29, 1.82) is 0 Å². The van der Waals surface area contributed by atoms with E-state index in [1.54, 1.807) is 0 Å².